The van der Waals surface area contributed by atoms with Crippen molar-refractivity contribution < 1.29 is 0 Å². The zero-order valence-electron chi connectivity index (χ0n) is 33.1. The molecule has 9 aromatic carbocycles. The Kier molecular flexibility index (Phi) is 8.76. The van der Waals surface area contributed by atoms with Crippen LogP contribution in [0.3, 0.4) is 0 Å². The van der Waals surface area contributed by atoms with Crippen LogP contribution in [0.4, 0.5) is 17.1 Å². The number of anilines is 3. The van der Waals surface area contributed by atoms with Gasteiger partial charge in [-0.3, -0.25) is 0 Å². The zero-order valence-corrected chi connectivity index (χ0v) is 33.1. The molecule has 0 aliphatic heterocycles. The molecule has 0 amide bonds. The molecule has 0 aliphatic rings. The summed E-state index contributed by atoms with van der Waals surface area (Å²) >= 11 is 0. The second kappa shape index (κ2) is 14.4. The van der Waals surface area contributed by atoms with Crippen LogP contribution < -0.4 is 4.90 Å². The van der Waals surface area contributed by atoms with Gasteiger partial charge in [0.1, 0.15) is 0 Å². The molecule has 1 aromatic heterocycles. The van der Waals surface area contributed by atoms with Crippen LogP contribution in [-0.4, -0.2) is 4.57 Å². The first-order chi connectivity index (χ1) is 28.4. The second-order valence-corrected chi connectivity index (χ2v) is 16.2. The molecule has 0 saturated heterocycles. The SMILES string of the molecule is CC(C)(C)c1ccc(-c2ccccc2)c(N(c2ccc3c4ccccc4n(-c4ccccc4)c3c2)c2ccccc2-c2cccc3cccc(-c4ccccc4)c23)c1. The molecule has 0 atom stereocenters. The molecule has 10 aromatic rings. The van der Waals surface area contributed by atoms with Gasteiger partial charge in [-0.05, 0) is 86.5 Å². The Hall–Kier alpha value is -7.16. The number of rotatable bonds is 7. The summed E-state index contributed by atoms with van der Waals surface area (Å²) in [5.41, 5.74) is 15.2. The Bertz CT molecular complexity index is 3070. The van der Waals surface area contributed by atoms with Gasteiger partial charge in [0.05, 0.1) is 22.4 Å². The van der Waals surface area contributed by atoms with Gasteiger partial charge in [0, 0.05) is 33.3 Å². The summed E-state index contributed by atoms with van der Waals surface area (Å²) in [4.78, 5) is 2.52. The van der Waals surface area contributed by atoms with Gasteiger partial charge in [0.25, 0.3) is 0 Å². The Morgan fingerprint density at radius 2 is 0.983 bits per heavy atom. The van der Waals surface area contributed by atoms with Gasteiger partial charge in [-0.15, -0.1) is 0 Å². The molecule has 0 saturated carbocycles. The van der Waals surface area contributed by atoms with E-state index in [-0.39, 0.29) is 5.41 Å². The molecule has 10 rings (SSSR count). The lowest BCUT2D eigenvalue weighted by Crippen LogP contribution is -2.16. The Morgan fingerprint density at radius 3 is 1.71 bits per heavy atom. The van der Waals surface area contributed by atoms with Gasteiger partial charge in [-0.25, -0.2) is 0 Å². The van der Waals surface area contributed by atoms with Crippen LogP contribution in [-0.2, 0) is 5.41 Å². The number of benzene rings is 9. The third kappa shape index (κ3) is 6.15. The minimum absolute atomic E-state index is 0.0704. The van der Waals surface area contributed by atoms with E-state index in [0.717, 1.165) is 28.3 Å². The molecule has 0 aliphatic carbocycles. The average Bonchev–Trinajstić information content (AvgIpc) is 3.60. The van der Waals surface area contributed by atoms with Crippen LogP contribution in [0, 0.1) is 0 Å². The standard InChI is InChI=1S/C56H44N2/c1-56(2,3)42-33-35-45(39-19-7-4-8-20-39)53(37-42)58(44-34-36-49-47-27-13-15-31-51(47)57(54(49)38-44)43-25-11-6-12-26-43)52-32-16-14-28-48(52)50-30-18-24-41-23-17-29-46(55(41)50)40-21-9-5-10-22-40/h4-38H,1-3H3. The molecular weight excluding hydrogens is 701 g/mol. The van der Waals surface area contributed by atoms with Gasteiger partial charge in [0.15, 0.2) is 0 Å². The summed E-state index contributed by atoms with van der Waals surface area (Å²) in [6.07, 6.45) is 0. The van der Waals surface area contributed by atoms with E-state index in [1.54, 1.807) is 0 Å². The molecule has 0 N–H and O–H groups in total. The van der Waals surface area contributed by atoms with E-state index in [0.29, 0.717) is 0 Å². The van der Waals surface area contributed by atoms with Crippen LogP contribution in [0.5, 0.6) is 0 Å². The van der Waals surface area contributed by atoms with Gasteiger partial charge >= 0.3 is 0 Å². The maximum atomic E-state index is 2.52. The molecule has 2 nitrogen and oxygen atoms in total. The lowest BCUT2D eigenvalue weighted by Gasteiger charge is -2.32. The number of fused-ring (bicyclic) bond motifs is 4. The van der Waals surface area contributed by atoms with Crippen LogP contribution in [0.1, 0.15) is 26.3 Å². The second-order valence-electron chi connectivity index (χ2n) is 16.2. The van der Waals surface area contributed by atoms with Gasteiger partial charge in [-0.1, -0.05) is 191 Å². The molecule has 58 heavy (non-hydrogen) atoms. The highest BCUT2D eigenvalue weighted by Crippen LogP contribution is 2.49. The summed E-state index contributed by atoms with van der Waals surface area (Å²) in [5, 5.41) is 4.93. The minimum Gasteiger partial charge on any atom is -0.309 e. The van der Waals surface area contributed by atoms with Crippen LogP contribution >= 0.6 is 0 Å². The van der Waals surface area contributed by atoms with Crippen LogP contribution in [0.25, 0.3) is 71.6 Å². The highest BCUT2D eigenvalue weighted by molar-refractivity contribution is 6.12. The Labute approximate surface area is 340 Å². The number of nitrogens with zero attached hydrogens (tertiary/aromatic N) is 2. The van der Waals surface area contributed by atoms with Crippen molar-refractivity contribution in [3.63, 3.8) is 0 Å². The maximum Gasteiger partial charge on any atom is 0.0561 e. The van der Waals surface area contributed by atoms with Crippen molar-refractivity contribution in [1.29, 1.82) is 0 Å². The summed E-state index contributed by atoms with van der Waals surface area (Å²) in [5.74, 6) is 0. The highest BCUT2D eigenvalue weighted by Gasteiger charge is 2.25. The fourth-order valence-electron chi connectivity index (χ4n) is 8.73. The molecule has 278 valence electrons. The lowest BCUT2D eigenvalue weighted by atomic mass is 9.85. The summed E-state index contributed by atoms with van der Waals surface area (Å²) in [6, 6.07) is 77.6. The van der Waals surface area contributed by atoms with E-state index in [2.05, 4.69) is 243 Å². The van der Waals surface area contributed by atoms with Crippen molar-refractivity contribution in [3.05, 3.63) is 218 Å². The highest BCUT2D eigenvalue weighted by atomic mass is 15.1. The number of aromatic nitrogens is 1. The lowest BCUT2D eigenvalue weighted by molar-refractivity contribution is 0.590. The minimum atomic E-state index is -0.0704. The van der Waals surface area contributed by atoms with E-state index in [9.17, 15) is 0 Å². The van der Waals surface area contributed by atoms with Crippen LogP contribution in [0.2, 0.25) is 0 Å². The van der Waals surface area contributed by atoms with Gasteiger partial charge < -0.3 is 9.47 Å². The van der Waals surface area contributed by atoms with Gasteiger partial charge in [0.2, 0.25) is 0 Å². The first-order valence-electron chi connectivity index (χ1n) is 20.2. The van der Waals surface area contributed by atoms with Gasteiger partial charge in [-0.2, -0.15) is 0 Å². The first-order valence-corrected chi connectivity index (χ1v) is 20.2. The fraction of sp³-hybridized carbons (Fsp3) is 0.0714. The number of hydrogen-bond donors (Lipinski definition) is 0. The van der Waals surface area contributed by atoms with E-state index < -0.39 is 0 Å². The fourth-order valence-corrected chi connectivity index (χ4v) is 8.73. The Balaban J connectivity index is 1.31. The monoisotopic (exact) mass is 744 g/mol. The van der Waals surface area contributed by atoms with Crippen molar-refractivity contribution in [2.75, 3.05) is 4.90 Å². The summed E-state index contributed by atoms with van der Waals surface area (Å²) < 4.78 is 2.42. The average molecular weight is 745 g/mol. The van der Waals surface area contributed by atoms with E-state index in [4.69, 9.17) is 0 Å². The van der Waals surface area contributed by atoms with Crippen molar-refractivity contribution in [2.45, 2.75) is 26.2 Å². The van der Waals surface area contributed by atoms with Crippen LogP contribution in [0.15, 0.2) is 212 Å². The third-order valence-corrected chi connectivity index (χ3v) is 11.5. The predicted molar refractivity (Wildman–Crippen MR) is 248 cm³/mol. The molecule has 0 bridgehead atoms. The van der Waals surface area contributed by atoms with E-state index in [1.807, 2.05) is 0 Å². The maximum absolute atomic E-state index is 2.52. The third-order valence-electron chi connectivity index (χ3n) is 11.5. The molecule has 2 heteroatoms. The zero-order chi connectivity index (χ0) is 39.2. The largest absolute Gasteiger partial charge is 0.309 e. The smallest absolute Gasteiger partial charge is 0.0561 e. The Morgan fingerprint density at radius 1 is 0.397 bits per heavy atom. The topological polar surface area (TPSA) is 8.17 Å². The summed E-state index contributed by atoms with van der Waals surface area (Å²) in [6.45, 7) is 6.91. The predicted octanol–water partition coefficient (Wildman–Crippen LogP) is 15.7. The quantitative estimate of drug-likeness (QED) is 0.158. The molecular formula is C56H44N2. The van der Waals surface area contributed by atoms with E-state index in [1.165, 1.54) is 66.0 Å². The van der Waals surface area contributed by atoms with E-state index >= 15 is 0 Å². The summed E-state index contributed by atoms with van der Waals surface area (Å²) in [7, 11) is 0. The van der Waals surface area contributed by atoms with Crippen molar-refractivity contribution in [3.8, 4) is 39.1 Å². The van der Waals surface area contributed by atoms with Crippen molar-refractivity contribution >= 4 is 49.6 Å². The first kappa shape index (κ1) is 35.3. The van der Waals surface area contributed by atoms with Crippen molar-refractivity contribution in [1.82, 2.24) is 4.57 Å². The molecule has 0 fully saturated rings. The molecule has 0 spiro atoms. The molecule has 1 heterocycles. The molecule has 0 unspecified atom stereocenters. The number of hydrogen-bond acceptors (Lipinski definition) is 1. The van der Waals surface area contributed by atoms with Crippen molar-refractivity contribution in [2.24, 2.45) is 0 Å². The normalized spacial score (nSPS) is 11.7. The molecule has 0 radical (unpaired) electrons. The number of para-hydroxylation sites is 3.